The number of hydrogen-bond acceptors (Lipinski definition) is 5. The number of aryl methyl sites for hydroxylation is 1. The zero-order valence-electron chi connectivity index (χ0n) is 19.9. The lowest BCUT2D eigenvalue weighted by molar-refractivity contribution is -0.0795. The highest BCUT2D eigenvalue weighted by atomic mass is 19.1. The maximum absolute atomic E-state index is 14.9. The van der Waals surface area contributed by atoms with Gasteiger partial charge >= 0.3 is 0 Å². The van der Waals surface area contributed by atoms with Crippen molar-refractivity contribution in [1.29, 1.82) is 0 Å². The van der Waals surface area contributed by atoms with Crippen LogP contribution in [0.3, 0.4) is 0 Å². The number of aromatic nitrogens is 3. The van der Waals surface area contributed by atoms with E-state index in [0.29, 0.717) is 23.5 Å². The molecule has 3 unspecified atom stereocenters. The van der Waals surface area contributed by atoms with Crippen LogP contribution in [0.5, 0.6) is 0 Å². The second-order valence-electron chi connectivity index (χ2n) is 9.93. The topological polar surface area (TPSA) is 65.7 Å². The highest BCUT2D eigenvalue weighted by Crippen LogP contribution is 2.41. The summed E-state index contributed by atoms with van der Waals surface area (Å²) in [6.45, 7) is 8.97. The average molecular weight is 470 g/mol. The molecule has 2 aliphatic heterocycles. The molecule has 2 aliphatic rings. The Morgan fingerprint density at radius 2 is 1.88 bits per heavy atom. The number of nitrogens with zero attached hydrogens (tertiary/aromatic N) is 3. The van der Waals surface area contributed by atoms with Gasteiger partial charge in [0.25, 0.3) is 5.56 Å². The van der Waals surface area contributed by atoms with Crippen molar-refractivity contribution in [3.05, 3.63) is 63.2 Å². The largest absolute Gasteiger partial charge is 0.378 e. The summed E-state index contributed by atoms with van der Waals surface area (Å²) in [5.41, 5.74) is 1.72. The first-order valence-corrected chi connectivity index (χ1v) is 11.8. The van der Waals surface area contributed by atoms with E-state index in [1.165, 1.54) is 16.5 Å². The number of benzene rings is 1. The average Bonchev–Trinajstić information content (AvgIpc) is 3.16. The summed E-state index contributed by atoms with van der Waals surface area (Å²) >= 11 is 0. The van der Waals surface area contributed by atoms with Crippen LogP contribution in [-0.2, 0) is 9.47 Å². The molecule has 0 spiro atoms. The van der Waals surface area contributed by atoms with E-state index < -0.39 is 11.6 Å². The van der Waals surface area contributed by atoms with E-state index in [-0.39, 0.29) is 40.5 Å². The SMILES string of the molecule is Cc1nc2cc(C3CCOC(C4CCOC4(C)C)C3)nc(-c3ccc(F)cc3F)n2c(=O)c1C. The Morgan fingerprint density at radius 1 is 1.09 bits per heavy atom. The van der Waals surface area contributed by atoms with Crippen LogP contribution in [0.1, 0.15) is 56.0 Å². The Kier molecular flexibility index (Phi) is 5.76. The molecule has 0 N–H and O–H groups in total. The van der Waals surface area contributed by atoms with Crippen molar-refractivity contribution in [3.8, 4) is 11.4 Å². The fourth-order valence-corrected chi connectivity index (χ4v) is 5.35. The van der Waals surface area contributed by atoms with Crippen molar-refractivity contribution in [1.82, 2.24) is 14.4 Å². The summed E-state index contributed by atoms with van der Waals surface area (Å²) in [4.78, 5) is 22.6. The van der Waals surface area contributed by atoms with Crippen molar-refractivity contribution >= 4 is 5.65 Å². The molecule has 0 bridgehead atoms. The first kappa shape index (κ1) is 23.1. The number of ether oxygens (including phenoxy) is 2. The van der Waals surface area contributed by atoms with Gasteiger partial charge in [0, 0.05) is 54.1 Å². The van der Waals surface area contributed by atoms with Crippen LogP contribution in [0.4, 0.5) is 8.78 Å². The minimum absolute atomic E-state index is 0.0233. The molecule has 5 rings (SSSR count). The van der Waals surface area contributed by atoms with Crippen LogP contribution in [0, 0.1) is 31.4 Å². The van der Waals surface area contributed by atoms with Crippen LogP contribution < -0.4 is 5.56 Å². The Balaban J connectivity index is 1.63. The molecule has 0 amide bonds. The molecule has 6 nitrogen and oxygen atoms in total. The van der Waals surface area contributed by atoms with Crippen molar-refractivity contribution < 1.29 is 18.3 Å². The number of hydrogen-bond donors (Lipinski definition) is 0. The maximum Gasteiger partial charge on any atom is 0.262 e. The summed E-state index contributed by atoms with van der Waals surface area (Å²) in [5, 5.41) is 0. The van der Waals surface area contributed by atoms with Crippen molar-refractivity contribution in [3.63, 3.8) is 0 Å². The van der Waals surface area contributed by atoms with E-state index in [0.717, 1.165) is 37.6 Å². The number of fused-ring (bicyclic) bond motifs is 1. The van der Waals surface area contributed by atoms with Crippen LogP contribution in [0.25, 0.3) is 17.0 Å². The molecule has 0 saturated carbocycles. The molecule has 180 valence electrons. The molecule has 2 aromatic heterocycles. The second kappa shape index (κ2) is 8.50. The van der Waals surface area contributed by atoms with E-state index in [1.54, 1.807) is 13.8 Å². The quantitative estimate of drug-likeness (QED) is 0.555. The van der Waals surface area contributed by atoms with Crippen molar-refractivity contribution in [2.45, 2.75) is 64.6 Å². The zero-order chi connectivity index (χ0) is 24.2. The molecule has 8 heteroatoms. The highest BCUT2D eigenvalue weighted by Gasteiger charge is 2.43. The maximum atomic E-state index is 14.9. The van der Waals surface area contributed by atoms with E-state index in [1.807, 2.05) is 6.07 Å². The third-order valence-corrected chi connectivity index (χ3v) is 7.45. The van der Waals surface area contributed by atoms with Crippen LogP contribution in [-0.4, -0.2) is 39.3 Å². The summed E-state index contributed by atoms with van der Waals surface area (Å²) in [6, 6.07) is 5.12. The molecular formula is C26H29F2N3O3. The summed E-state index contributed by atoms with van der Waals surface area (Å²) in [5.74, 6) is -0.992. The lowest BCUT2D eigenvalue weighted by atomic mass is 9.79. The van der Waals surface area contributed by atoms with Gasteiger partial charge in [-0.2, -0.15) is 0 Å². The van der Waals surface area contributed by atoms with Gasteiger partial charge < -0.3 is 9.47 Å². The van der Waals surface area contributed by atoms with Gasteiger partial charge in [-0.1, -0.05) is 0 Å². The normalized spacial score (nSPS) is 24.6. The smallest absolute Gasteiger partial charge is 0.262 e. The van der Waals surface area contributed by atoms with Gasteiger partial charge in [0.05, 0.1) is 17.3 Å². The van der Waals surface area contributed by atoms with Gasteiger partial charge in [-0.3, -0.25) is 4.79 Å². The Hall–Kier alpha value is -2.71. The number of rotatable bonds is 3. The van der Waals surface area contributed by atoms with E-state index in [2.05, 4.69) is 18.8 Å². The molecule has 3 aromatic rings. The predicted octanol–water partition coefficient (Wildman–Crippen LogP) is 4.73. The molecule has 2 fully saturated rings. The van der Waals surface area contributed by atoms with Gasteiger partial charge in [0.15, 0.2) is 5.82 Å². The fraction of sp³-hybridized carbons (Fsp3) is 0.500. The Labute approximate surface area is 197 Å². The molecule has 3 atom stereocenters. The first-order valence-electron chi connectivity index (χ1n) is 11.8. The third-order valence-electron chi connectivity index (χ3n) is 7.45. The minimum atomic E-state index is -0.772. The molecule has 0 aliphatic carbocycles. The standard InChI is InChI=1S/C26H29F2N3O3/c1-14-15(2)29-23-13-21(16-7-9-33-22(11-16)19-8-10-34-26(19,3)4)30-24(31(23)25(14)32)18-6-5-17(27)12-20(18)28/h5-6,12-13,16,19,22H,7-11H2,1-4H3. The zero-order valence-corrected chi connectivity index (χ0v) is 19.9. The van der Waals surface area contributed by atoms with Crippen molar-refractivity contribution in [2.75, 3.05) is 13.2 Å². The molecule has 0 radical (unpaired) electrons. The van der Waals surface area contributed by atoms with Gasteiger partial charge in [-0.05, 0) is 59.1 Å². The van der Waals surface area contributed by atoms with E-state index >= 15 is 0 Å². The Morgan fingerprint density at radius 3 is 2.59 bits per heavy atom. The fourth-order valence-electron chi connectivity index (χ4n) is 5.35. The highest BCUT2D eigenvalue weighted by molar-refractivity contribution is 5.61. The van der Waals surface area contributed by atoms with E-state index in [4.69, 9.17) is 14.5 Å². The van der Waals surface area contributed by atoms with Crippen LogP contribution in [0.2, 0.25) is 0 Å². The Bertz CT molecular complexity index is 1320. The van der Waals surface area contributed by atoms with Gasteiger partial charge in [0.2, 0.25) is 0 Å². The van der Waals surface area contributed by atoms with Gasteiger partial charge in [0.1, 0.15) is 17.3 Å². The minimum Gasteiger partial charge on any atom is -0.378 e. The lowest BCUT2D eigenvalue weighted by Crippen LogP contribution is -2.40. The summed E-state index contributed by atoms with van der Waals surface area (Å²) in [7, 11) is 0. The molecule has 4 heterocycles. The van der Waals surface area contributed by atoms with Crippen LogP contribution >= 0.6 is 0 Å². The van der Waals surface area contributed by atoms with Crippen molar-refractivity contribution in [2.24, 2.45) is 5.92 Å². The predicted molar refractivity (Wildman–Crippen MR) is 124 cm³/mol. The molecule has 1 aromatic carbocycles. The van der Waals surface area contributed by atoms with Crippen LogP contribution in [0.15, 0.2) is 29.1 Å². The molecule has 2 saturated heterocycles. The molecule has 34 heavy (non-hydrogen) atoms. The molecular weight excluding hydrogens is 440 g/mol. The third kappa shape index (κ3) is 3.92. The van der Waals surface area contributed by atoms with E-state index in [9.17, 15) is 13.6 Å². The number of halogens is 2. The second-order valence-corrected chi connectivity index (χ2v) is 9.93. The summed E-state index contributed by atoms with van der Waals surface area (Å²) in [6.07, 6.45) is 2.47. The van der Waals surface area contributed by atoms with Gasteiger partial charge in [-0.15, -0.1) is 0 Å². The summed E-state index contributed by atoms with van der Waals surface area (Å²) < 4.78 is 41.9. The first-order chi connectivity index (χ1) is 16.2. The lowest BCUT2D eigenvalue weighted by Gasteiger charge is -2.37. The monoisotopic (exact) mass is 469 g/mol. The van der Waals surface area contributed by atoms with Gasteiger partial charge in [-0.25, -0.2) is 23.1 Å².